The molecule has 7 nitrogen and oxygen atoms in total. The summed E-state index contributed by atoms with van der Waals surface area (Å²) in [6.45, 7) is 5.16. The number of nitrogens with zero attached hydrogens (tertiary/aromatic N) is 2. The second-order valence-corrected chi connectivity index (χ2v) is 7.50. The second kappa shape index (κ2) is 9.73. The molecule has 30 heavy (non-hydrogen) atoms. The lowest BCUT2D eigenvalue weighted by Gasteiger charge is -2.29. The zero-order chi connectivity index (χ0) is 20.8. The molecule has 2 aromatic rings. The molecule has 2 aliphatic heterocycles. The Morgan fingerprint density at radius 1 is 0.933 bits per heavy atom. The molecule has 1 N–H and O–H groups in total. The minimum atomic E-state index is -0.159. The lowest BCUT2D eigenvalue weighted by atomic mass is 10.1. The van der Waals surface area contributed by atoms with E-state index in [-0.39, 0.29) is 24.7 Å². The van der Waals surface area contributed by atoms with E-state index in [0.717, 1.165) is 49.8 Å². The Bertz CT molecular complexity index is 896. The van der Waals surface area contributed by atoms with Gasteiger partial charge in [0.1, 0.15) is 12.4 Å². The van der Waals surface area contributed by atoms with E-state index < -0.39 is 0 Å². The Morgan fingerprint density at radius 2 is 1.77 bits per heavy atom. The van der Waals surface area contributed by atoms with E-state index in [1.807, 2.05) is 42.5 Å². The average Bonchev–Trinajstić information content (AvgIpc) is 2.78. The highest BCUT2D eigenvalue weighted by molar-refractivity contribution is 5.99. The number of amides is 2. The zero-order valence-corrected chi connectivity index (χ0v) is 17.0. The Balaban J connectivity index is 1.29. The number of benzene rings is 2. The molecule has 4 rings (SSSR count). The van der Waals surface area contributed by atoms with Crippen molar-refractivity contribution in [2.24, 2.45) is 0 Å². The Kier molecular flexibility index (Phi) is 6.61. The lowest BCUT2D eigenvalue weighted by molar-refractivity contribution is -0.122. The van der Waals surface area contributed by atoms with Crippen molar-refractivity contribution >= 4 is 23.2 Å². The molecule has 0 atom stereocenters. The van der Waals surface area contributed by atoms with Gasteiger partial charge in [0.05, 0.1) is 25.4 Å². The summed E-state index contributed by atoms with van der Waals surface area (Å²) in [5, 5.41) is 2.92. The van der Waals surface area contributed by atoms with E-state index in [2.05, 4.69) is 16.3 Å². The third-order valence-electron chi connectivity index (χ3n) is 5.32. The number of rotatable bonds is 6. The van der Waals surface area contributed by atoms with Crippen LogP contribution in [0.2, 0.25) is 0 Å². The van der Waals surface area contributed by atoms with Crippen LogP contribution in [0.4, 0.5) is 11.4 Å². The molecule has 0 unspecified atom stereocenters. The highest BCUT2D eigenvalue weighted by Gasteiger charge is 2.23. The van der Waals surface area contributed by atoms with E-state index in [9.17, 15) is 9.59 Å². The summed E-state index contributed by atoms with van der Waals surface area (Å²) < 4.78 is 11.0. The average molecular weight is 409 g/mol. The molecule has 2 aliphatic rings. The molecule has 0 aromatic heterocycles. The molecule has 7 heteroatoms. The molecular formula is C23H27N3O4. The number of carbonyl (C=O) groups excluding carboxylic acids is 2. The highest BCUT2D eigenvalue weighted by atomic mass is 16.5. The van der Waals surface area contributed by atoms with Crippen LogP contribution in [0.5, 0.6) is 5.75 Å². The van der Waals surface area contributed by atoms with E-state index in [4.69, 9.17) is 9.47 Å². The fourth-order valence-electron chi connectivity index (χ4n) is 3.77. The molecule has 0 saturated carbocycles. The second-order valence-electron chi connectivity index (χ2n) is 7.50. The number of ether oxygens (including phenoxy) is 2. The van der Waals surface area contributed by atoms with Crippen molar-refractivity contribution in [2.45, 2.75) is 19.4 Å². The molecule has 1 saturated heterocycles. The van der Waals surface area contributed by atoms with Crippen molar-refractivity contribution in [1.29, 1.82) is 0 Å². The fraction of sp³-hybridized carbons (Fsp3) is 0.391. The topological polar surface area (TPSA) is 71.1 Å². The number of hydrogen-bond acceptors (Lipinski definition) is 5. The summed E-state index contributed by atoms with van der Waals surface area (Å²) >= 11 is 0. The monoisotopic (exact) mass is 409 g/mol. The fourth-order valence-corrected chi connectivity index (χ4v) is 3.77. The number of hydrogen-bond donors (Lipinski definition) is 1. The van der Waals surface area contributed by atoms with Gasteiger partial charge < -0.3 is 19.7 Å². The van der Waals surface area contributed by atoms with Crippen molar-refractivity contribution in [1.82, 2.24) is 4.90 Å². The zero-order valence-electron chi connectivity index (χ0n) is 17.0. The van der Waals surface area contributed by atoms with E-state index in [1.165, 1.54) is 0 Å². The normalized spacial score (nSPS) is 16.5. The number of anilines is 2. The van der Waals surface area contributed by atoms with E-state index in [1.54, 1.807) is 4.90 Å². The molecule has 2 heterocycles. The van der Waals surface area contributed by atoms with Crippen LogP contribution >= 0.6 is 0 Å². The van der Waals surface area contributed by atoms with E-state index >= 15 is 0 Å². The number of para-hydroxylation sites is 2. The summed E-state index contributed by atoms with van der Waals surface area (Å²) in [5.41, 5.74) is 2.68. The molecule has 1 fully saturated rings. The number of nitrogens with one attached hydrogen (secondary N) is 1. The van der Waals surface area contributed by atoms with Crippen molar-refractivity contribution in [3.05, 3.63) is 54.1 Å². The van der Waals surface area contributed by atoms with Gasteiger partial charge in [0, 0.05) is 38.2 Å². The Labute approximate surface area is 176 Å². The third-order valence-corrected chi connectivity index (χ3v) is 5.32. The van der Waals surface area contributed by atoms with Crippen molar-refractivity contribution in [3.63, 3.8) is 0 Å². The van der Waals surface area contributed by atoms with Crippen LogP contribution in [0.1, 0.15) is 18.4 Å². The Hall–Kier alpha value is -2.90. The van der Waals surface area contributed by atoms with Crippen LogP contribution in [-0.2, 0) is 20.9 Å². The minimum Gasteiger partial charge on any atom is -0.490 e. The number of morpholine rings is 1. The number of carbonyl (C=O) groups is 2. The molecule has 0 spiro atoms. The summed E-state index contributed by atoms with van der Waals surface area (Å²) in [7, 11) is 0. The number of fused-ring (bicyclic) bond motifs is 1. The van der Waals surface area contributed by atoms with E-state index in [0.29, 0.717) is 18.9 Å². The maximum absolute atomic E-state index is 12.7. The first-order chi connectivity index (χ1) is 14.7. The first kappa shape index (κ1) is 20.4. The quantitative estimate of drug-likeness (QED) is 0.794. The maximum Gasteiger partial charge on any atom is 0.227 e. The van der Waals surface area contributed by atoms with Crippen LogP contribution in [0.15, 0.2) is 48.5 Å². The van der Waals surface area contributed by atoms with Crippen LogP contribution in [0, 0.1) is 0 Å². The molecule has 158 valence electrons. The molecule has 2 amide bonds. The minimum absolute atomic E-state index is 0.0676. The van der Waals surface area contributed by atoms with Gasteiger partial charge in [-0.05, 0) is 29.8 Å². The predicted octanol–water partition coefficient (Wildman–Crippen LogP) is 2.66. The van der Waals surface area contributed by atoms with Gasteiger partial charge in [0.25, 0.3) is 0 Å². The van der Waals surface area contributed by atoms with Gasteiger partial charge in [-0.15, -0.1) is 0 Å². The highest BCUT2D eigenvalue weighted by Crippen LogP contribution is 2.31. The van der Waals surface area contributed by atoms with Gasteiger partial charge in [0.15, 0.2) is 0 Å². The van der Waals surface area contributed by atoms with Gasteiger partial charge in [-0.1, -0.05) is 24.3 Å². The summed E-state index contributed by atoms with van der Waals surface area (Å²) in [5.74, 6) is 0.481. The summed E-state index contributed by atoms with van der Waals surface area (Å²) in [6, 6.07) is 15.4. The lowest BCUT2D eigenvalue weighted by Crippen LogP contribution is -2.38. The van der Waals surface area contributed by atoms with Crippen molar-refractivity contribution in [3.8, 4) is 5.75 Å². The largest absolute Gasteiger partial charge is 0.490 e. The van der Waals surface area contributed by atoms with Gasteiger partial charge in [-0.2, -0.15) is 0 Å². The van der Waals surface area contributed by atoms with Gasteiger partial charge >= 0.3 is 0 Å². The first-order valence-corrected chi connectivity index (χ1v) is 10.4. The molecular weight excluding hydrogens is 382 g/mol. The summed E-state index contributed by atoms with van der Waals surface area (Å²) in [4.78, 5) is 29.1. The van der Waals surface area contributed by atoms with Gasteiger partial charge in [0.2, 0.25) is 11.8 Å². The molecule has 2 aromatic carbocycles. The van der Waals surface area contributed by atoms with Crippen molar-refractivity contribution in [2.75, 3.05) is 49.7 Å². The van der Waals surface area contributed by atoms with Gasteiger partial charge in [-0.3, -0.25) is 14.5 Å². The molecule has 0 aliphatic carbocycles. The van der Waals surface area contributed by atoms with Crippen LogP contribution in [-0.4, -0.2) is 56.2 Å². The molecule has 0 radical (unpaired) electrons. The van der Waals surface area contributed by atoms with Crippen LogP contribution < -0.4 is 15.0 Å². The SMILES string of the molecule is O=C(CCC(=O)N1CCOc2ccccc21)Nc1cccc(CN2CCOCC2)c1. The predicted molar refractivity (Wildman–Crippen MR) is 115 cm³/mol. The Morgan fingerprint density at radius 3 is 2.63 bits per heavy atom. The summed E-state index contributed by atoms with van der Waals surface area (Å²) in [6.07, 6.45) is 0.305. The smallest absolute Gasteiger partial charge is 0.227 e. The third kappa shape index (κ3) is 5.17. The first-order valence-electron chi connectivity index (χ1n) is 10.4. The molecule has 0 bridgehead atoms. The maximum atomic E-state index is 12.7. The van der Waals surface area contributed by atoms with Crippen molar-refractivity contribution < 1.29 is 19.1 Å². The standard InChI is InChI=1S/C23H27N3O4/c27-22(8-9-23(28)26-12-15-30-21-7-2-1-6-20(21)26)24-19-5-3-4-18(16-19)17-25-10-13-29-14-11-25/h1-7,16H,8-15,17H2,(H,24,27). The van der Waals surface area contributed by atoms with Crippen LogP contribution in [0.3, 0.4) is 0 Å². The van der Waals surface area contributed by atoms with Crippen LogP contribution in [0.25, 0.3) is 0 Å². The van der Waals surface area contributed by atoms with Gasteiger partial charge in [-0.25, -0.2) is 0 Å².